The topological polar surface area (TPSA) is 86.6 Å². The van der Waals surface area contributed by atoms with Gasteiger partial charge in [0.1, 0.15) is 11.8 Å². The third kappa shape index (κ3) is 8.56. The fraction of sp³-hybridized carbons (Fsp3) is 0.579. The number of unbranched alkanes of at least 4 members (excludes halogenated alkanes) is 6. The number of phenols is 1. The third-order valence-electron chi connectivity index (χ3n) is 4.02. The molecule has 0 radical (unpaired) electrons. The molecule has 0 aliphatic heterocycles. The van der Waals surface area contributed by atoms with E-state index in [0.29, 0.717) is 6.42 Å². The molecule has 0 aromatic heterocycles. The smallest absolute Gasteiger partial charge is 0.326 e. The van der Waals surface area contributed by atoms with E-state index in [1.807, 2.05) is 0 Å². The second kappa shape index (κ2) is 11.5. The van der Waals surface area contributed by atoms with Crippen molar-refractivity contribution in [2.24, 2.45) is 0 Å². The Morgan fingerprint density at radius 2 is 1.58 bits per heavy atom. The van der Waals surface area contributed by atoms with Crippen LogP contribution >= 0.6 is 0 Å². The van der Waals surface area contributed by atoms with Crippen molar-refractivity contribution in [1.82, 2.24) is 5.32 Å². The number of rotatable bonds is 12. The number of aliphatic carboxylic acids is 1. The van der Waals surface area contributed by atoms with Crippen LogP contribution in [0, 0.1) is 0 Å². The summed E-state index contributed by atoms with van der Waals surface area (Å²) in [5, 5.41) is 21.1. The second-order valence-electron chi connectivity index (χ2n) is 6.20. The Morgan fingerprint density at radius 1 is 1.00 bits per heavy atom. The second-order valence-corrected chi connectivity index (χ2v) is 6.20. The maximum Gasteiger partial charge on any atom is 0.326 e. The summed E-state index contributed by atoms with van der Waals surface area (Å²) in [4.78, 5) is 23.2. The van der Waals surface area contributed by atoms with Crippen molar-refractivity contribution in [3.8, 4) is 5.75 Å². The molecule has 0 fully saturated rings. The monoisotopic (exact) mass is 335 g/mol. The van der Waals surface area contributed by atoms with Crippen LogP contribution in [0.25, 0.3) is 0 Å². The van der Waals surface area contributed by atoms with Crippen molar-refractivity contribution < 1.29 is 19.8 Å². The van der Waals surface area contributed by atoms with E-state index in [4.69, 9.17) is 0 Å². The van der Waals surface area contributed by atoms with Gasteiger partial charge in [0.15, 0.2) is 0 Å². The van der Waals surface area contributed by atoms with Gasteiger partial charge in [-0.2, -0.15) is 0 Å². The first-order valence-corrected chi connectivity index (χ1v) is 8.83. The van der Waals surface area contributed by atoms with E-state index in [0.717, 1.165) is 24.8 Å². The number of carboxylic acid groups (broad SMARTS) is 1. The molecule has 0 heterocycles. The lowest BCUT2D eigenvalue weighted by Crippen LogP contribution is -2.42. The van der Waals surface area contributed by atoms with Crippen LogP contribution in [0.3, 0.4) is 0 Å². The van der Waals surface area contributed by atoms with Crippen LogP contribution < -0.4 is 5.32 Å². The van der Waals surface area contributed by atoms with E-state index in [-0.39, 0.29) is 18.1 Å². The molecule has 0 aliphatic carbocycles. The minimum Gasteiger partial charge on any atom is -0.508 e. The Balaban J connectivity index is 2.30. The summed E-state index contributed by atoms with van der Waals surface area (Å²) in [5.74, 6) is -1.13. The highest BCUT2D eigenvalue weighted by Gasteiger charge is 2.20. The number of nitrogens with one attached hydrogen (secondary N) is 1. The van der Waals surface area contributed by atoms with Gasteiger partial charge in [-0.3, -0.25) is 4.79 Å². The molecular weight excluding hydrogens is 306 g/mol. The average Bonchev–Trinajstić information content (AvgIpc) is 2.55. The Kier molecular flexibility index (Phi) is 9.58. The largest absolute Gasteiger partial charge is 0.508 e. The van der Waals surface area contributed by atoms with Crippen LogP contribution in [0.2, 0.25) is 0 Å². The van der Waals surface area contributed by atoms with Crippen molar-refractivity contribution >= 4 is 11.9 Å². The first kappa shape index (κ1) is 20.0. The number of hydrogen-bond acceptors (Lipinski definition) is 3. The van der Waals surface area contributed by atoms with Gasteiger partial charge in [0, 0.05) is 12.8 Å². The molecule has 1 amide bonds. The van der Waals surface area contributed by atoms with Crippen molar-refractivity contribution in [3.63, 3.8) is 0 Å². The molecule has 0 bridgehead atoms. The molecule has 5 nitrogen and oxygen atoms in total. The summed E-state index contributed by atoms with van der Waals surface area (Å²) < 4.78 is 0. The summed E-state index contributed by atoms with van der Waals surface area (Å²) in [7, 11) is 0. The summed E-state index contributed by atoms with van der Waals surface area (Å²) in [6, 6.07) is 5.40. The number of amides is 1. The summed E-state index contributed by atoms with van der Waals surface area (Å²) in [6.45, 7) is 2.18. The number of phenolic OH excluding ortho intramolecular Hbond substituents is 1. The van der Waals surface area contributed by atoms with Crippen LogP contribution in [0.4, 0.5) is 0 Å². The van der Waals surface area contributed by atoms with E-state index in [9.17, 15) is 19.8 Å². The zero-order chi connectivity index (χ0) is 17.8. The molecular formula is C19H29NO4. The lowest BCUT2D eigenvalue weighted by Gasteiger charge is -2.14. The fourth-order valence-corrected chi connectivity index (χ4v) is 2.58. The molecule has 1 aromatic carbocycles. The van der Waals surface area contributed by atoms with Crippen LogP contribution in [0.1, 0.15) is 63.9 Å². The molecule has 134 valence electrons. The fourth-order valence-electron chi connectivity index (χ4n) is 2.58. The zero-order valence-electron chi connectivity index (χ0n) is 14.5. The summed E-state index contributed by atoms with van der Waals surface area (Å²) >= 11 is 0. The highest BCUT2D eigenvalue weighted by Crippen LogP contribution is 2.12. The minimum absolute atomic E-state index is 0.133. The summed E-state index contributed by atoms with van der Waals surface area (Å²) in [5.41, 5.74) is 0.761. The van der Waals surface area contributed by atoms with Crippen LogP contribution in [0.5, 0.6) is 5.75 Å². The van der Waals surface area contributed by atoms with E-state index in [1.54, 1.807) is 12.1 Å². The number of carbonyl (C=O) groups is 2. The molecule has 1 rings (SSSR count). The van der Waals surface area contributed by atoms with Gasteiger partial charge in [0.25, 0.3) is 0 Å². The first-order valence-electron chi connectivity index (χ1n) is 8.83. The van der Waals surface area contributed by atoms with E-state index >= 15 is 0 Å². The maximum atomic E-state index is 11.9. The number of aromatic hydroxyl groups is 1. The van der Waals surface area contributed by atoms with Gasteiger partial charge in [0.2, 0.25) is 5.91 Å². The van der Waals surface area contributed by atoms with Crippen molar-refractivity contribution in [2.75, 3.05) is 0 Å². The van der Waals surface area contributed by atoms with Crippen molar-refractivity contribution in [1.29, 1.82) is 0 Å². The van der Waals surface area contributed by atoms with Gasteiger partial charge < -0.3 is 15.5 Å². The van der Waals surface area contributed by atoms with Crippen LogP contribution in [-0.4, -0.2) is 28.1 Å². The Labute approximate surface area is 144 Å². The number of carboxylic acids is 1. The predicted molar refractivity (Wildman–Crippen MR) is 94.0 cm³/mol. The lowest BCUT2D eigenvalue weighted by atomic mass is 10.0. The predicted octanol–water partition coefficient (Wildman–Crippen LogP) is 3.64. The molecule has 0 spiro atoms. The van der Waals surface area contributed by atoms with Gasteiger partial charge in [-0.15, -0.1) is 0 Å². The first-order chi connectivity index (χ1) is 11.5. The van der Waals surface area contributed by atoms with Gasteiger partial charge in [-0.25, -0.2) is 4.79 Å². The van der Waals surface area contributed by atoms with Gasteiger partial charge in [-0.05, 0) is 24.1 Å². The molecule has 24 heavy (non-hydrogen) atoms. The molecule has 1 aromatic rings. The number of benzene rings is 1. The van der Waals surface area contributed by atoms with Gasteiger partial charge >= 0.3 is 5.97 Å². The summed E-state index contributed by atoms with van der Waals surface area (Å²) in [6.07, 6.45) is 8.44. The van der Waals surface area contributed by atoms with E-state index in [1.165, 1.54) is 37.8 Å². The maximum absolute atomic E-state index is 11.9. The van der Waals surface area contributed by atoms with Crippen molar-refractivity contribution in [3.05, 3.63) is 29.8 Å². The molecule has 0 unspecified atom stereocenters. The van der Waals surface area contributed by atoms with Crippen molar-refractivity contribution in [2.45, 2.75) is 70.8 Å². The van der Waals surface area contributed by atoms with E-state index < -0.39 is 12.0 Å². The highest BCUT2D eigenvalue weighted by molar-refractivity contribution is 5.83. The zero-order valence-corrected chi connectivity index (χ0v) is 14.5. The number of hydrogen-bond donors (Lipinski definition) is 3. The molecule has 1 atom stereocenters. The SMILES string of the molecule is CCCCCCCCCC(=O)N[C@H](Cc1ccc(O)cc1)C(=O)O. The molecule has 0 saturated carbocycles. The lowest BCUT2D eigenvalue weighted by molar-refractivity contribution is -0.141. The Hall–Kier alpha value is -2.04. The minimum atomic E-state index is -1.05. The molecule has 0 saturated heterocycles. The molecule has 0 aliphatic rings. The van der Waals surface area contributed by atoms with E-state index in [2.05, 4.69) is 12.2 Å². The molecule has 3 N–H and O–H groups in total. The molecule has 5 heteroatoms. The van der Waals surface area contributed by atoms with Crippen LogP contribution in [0.15, 0.2) is 24.3 Å². The third-order valence-corrected chi connectivity index (χ3v) is 4.02. The van der Waals surface area contributed by atoms with Gasteiger partial charge in [-0.1, -0.05) is 57.6 Å². The highest BCUT2D eigenvalue weighted by atomic mass is 16.4. The Bertz CT molecular complexity index is 499. The number of carbonyl (C=O) groups excluding carboxylic acids is 1. The standard InChI is InChI=1S/C19H29NO4/c1-2-3-4-5-6-7-8-9-18(22)20-17(19(23)24)14-15-10-12-16(21)13-11-15/h10-13,17,21H,2-9,14H2,1H3,(H,20,22)(H,23,24)/t17-/m1/s1. The normalized spacial score (nSPS) is 11.9. The Morgan fingerprint density at radius 3 is 2.17 bits per heavy atom. The van der Waals surface area contributed by atoms with Gasteiger partial charge in [0.05, 0.1) is 0 Å². The van der Waals surface area contributed by atoms with Crippen LogP contribution in [-0.2, 0) is 16.0 Å². The quantitative estimate of drug-likeness (QED) is 0.509. The average molecular weight is 335 g/mol.